The van der Waals surface area contributed by atoms with Gasteiger partial charge in [-0.05, 0) is 42.7 Å². The quantitative estimate of drug-likeness (QED) is 0.888. The molecule has 0 amide bonds. The minimum atomic E-state index is 0.554. The van der Waals surface area contributed by atoms with Gasteiger partial charge in [-0.2, -0.15) is 0 Å². The van der Waals surface area contributed by atoms with Crippen LogP contribution in [0.4, 0.5) is 0 Å². The molecule has 19 heavy (non-hydrogen) atoms. The van der Waals surface area contributed by atoms with Gasteiger partial charge in [0.2, 0.25) is 0 Å². The Kier molecular flexibility index (Phi) is 4.53. The lowest BCUT2D eigenvalue weighted by molar-refractivity contribution is 0.0524. The first-order valence-electron chi connectivity index (χ1n) is 7.42. The van der Waals surface area contributed by atoms with Crippen molar-refractivity contribution in [2.75, 3.05) is 19.8 Å². The Balaban J connectivity index is 1.55. The smallest absolute Gasteiger partial charge is 0.0623 e. The normalized spacial score (nSPS) is 31.7. The molecule has 106 valence electrons. The van der Waals surface area contributed by atoms with Crippen molar-refractivity contribution in [3.63, 3.8) is 0 Å². The van der Waals surface area contributed by atoms with Crippen molar-refractivity contribution in [1.82, 2.24) is 10.6 Å². The molecule has 0 radical (unpaired) electrons. The number of morpholine rings is 1. The average Bonchev–Trinajstić information content (AvgIpc) is 3.06. The van der Waals surface area contributed by atoms with Crippen LogP contribution in [0, 0.1) is 12.8 Å². The van der Waals surface area contributed by atoms with Crippen molar-refractivity contribution in [1.29, 1.82) is 0 Å². The highest BCUT2D eigenvalue weighted by atomic mass is 32.1. The van der Waals surface area contributed by atoms with Crippen LogP contribution < -0.4 is 10.6 Å². The van der Waals surface area contributed by atoms with Crippen LogP contribution >= 0.6 is 11.3 Å². The molecular weight excluding hydrogens is 256 g/mol. The SMILES string of the molecule is Cc1ccsc1CNC1CCCC1C1COCCN1. The number of hydrogen-bond donors (Lipinski definition) is 2. The third-order valence-corrected chi connectivity index (χ3v) is 5.55. The van der Waals surface area contributed by atoms with E-state index in [1.54, 1.807) is 0 Å². The zero-order chi connectivity index (χ0) is 13.1. The van der Waals surface area contributed by atoms with Crippen LogP contribution in [0.15, 0.2) is 11.4 Å². The zero-order valence-corrected chi connectivity index (χ0v) is 12.5. The van der Waals surface area contributed by atoms with Gasteiger partial charge in [0, 0.05) is 30.1 Å². The molecule has 1 saturated carbocycles. The van der Waals surface area contributed by atoms with Crippen LogP contribution in [0.1, 0.15) is 29.7 Å². The minimum absolute atomic E-state index is 0.554. The molecule has 0 spiro atoms. The van der Waals surface area contributed by atoms with Gasteiger partial charge in [-0.1, -0.05) is 6.42 Å². The van der Waals surface area contributed by atoms with E-state index in [1.165, 1.54) is 29.7 Å². The van der Waals surface area contributed by atoms with Crippen LogP contribution in [0.2, 0.25) is 0 Å². The lowest BCUT2D eigenvalue weighted by Crippen LogP contribution is -2.50. The first-order chi connectivity index (χ1) is 9.34. The van der Waals surface area contributed by atoms with Crippen molar-refractivity contribution >= 4 is 11.3 Å². The molecule has 1 aromatic rings. The van der Waals surface area contributed by atoms with E-state index in [1.807, 2.05) is 11.3 Å². The van der Waals surface area contributed by atoms with Crippen LogP contribution in [-0.2, 0) is 11.3 Å². The molecule has 2 aliphatic rings. The molecule has 2 heterocycles. The van der Waals surface area contributed by atoms with Crippen LogP contribution in [-0.4, -0.2) is 31.8 Å². The van der Waals surface area contributed by atoms with E-state index in [2.05, 4.69) is 29.0 Å². The Morgan fingerprint density at radius 2 is 2.42 bits per heavy atom. The molecule has 2 N–H and O–H groups in total. The molecule has 1 aliphatic heterocycles. The number of nitrogens with one attached hydrogen (secondary N) is 2. The fraction of sp³-hybridized carbons (Fsp3) is 0.733. The Morgan fingerprint density at radius 3 is 3.16 bits per heavy atom. The summed E-state index contributed by atoms with van der Waals surface area (Å²) in [6.45, 7) is 6.00. The number of aryl methyl sites for hydroxylation is 1. The summed E-state index contributed by atoms with van der Waals surface area (Å²) in [5.41, 5.74) is 1.42. The van der Waals surface area contributed by atoms with Gasteiger partial charge in [-0.15, -0.1) is 11.3 Å². The third-order valence-electron chi connectivity index (χ3n) is 4.53. The van der Waals surface area contributed by atoms with Crippen molar-refractivity contribution in [2.24, 2.45) is 5.92 Å². The minimum Gasteiger partial charge on any atom is -0.379 e. The molecule has 2 fully saturated rings. The van der Waals surface area contributed by atoms with E-state index >= 15 is 0 Å². The summed E-state index contributed by atoms with van der Waals surface area (Å²) in [7, 11) is 0. The van der Waals surface area contributed by atoms with E-state index in [0.29, 0.717) is 12.1 Å². The second kappa shape index (κ2) is 6.35. The maximum atomic E-state index is 5.62. The molecule has 3 nitrogen and oxygen atoms in total. The number of thiophene rings is 1. The van der Waals surface area contributed by atoms with Gasteiger partial charge in [0.05, 0.1) is 13.2 Å². The molecular formula is C15H24N2OS. The predicted octanol–water partition coefficient (Wildman–Crippen LogP) is 2.30. The Labute approximate surface area is 119 Å². The van der Waals surface area contributed by atoms with E-state index in [-0.39, 0.29) is 0 Å². The Morgan fingerprint density at radius 1 is 1.47 bits per heavy atom. The fourth-order valence-electron chi connectivity index (χ4n) is 3.39. The van der Waals surface area contributed by atoms with Crippen molar-refractivity contribution < 1.29 is 4.74 Å². The molecule has 0 aromatic carbocycles. The van der Waals surface area contributed by atoms with Gasteiger partial charge in [0.15, 0.2) is 0 Å². The molecule has 0 bridgehead atoms. The van der Waals surface area contributed by atoms with E-state index in [4.69, 9.17) is 4.74 Å². The van der Waals surface area contributed by atoms with Gasteiger partial charge in [0.1, 0.15) is 0 Å². The van der Waals surface area contributed by atoms with Crippen LogP contribution in [0.25, 0.3) is 0 Å². The largest absolute Gasteiger partial charge is 0.379 e. The lowest BCUT2D eigenvalue weighted by atomic mass is 9.94. The molecule has 3 rings (SSSR count). The van der Waals surface area contributed by atoms with Gasteiger partial charge in [0.25, 0.3) is 0 Å². The topological polar surface area (TPSA) is 33.3 Å². The van der Waals surface area contributed by atoms with Gasteiger partial charge in [-0.3, -0.25) is 0 Å². The van der Waals surface area contributed by atoms with Crippen molar-refractivity contribution in [2.45, 2.75) is 44.8 Å². The summed E-state index contributed by atoms with van der Waals surface area (Å²) in [4.78, 5) is 1.48. The number of hydrogen-bond acceptors (Lipinski definition) is 4. The highest BCUT2D eigenvalue weighted by molar-refractivity contribution is 7.10. The van der Waals surface area contributed by atoms with E-state index < -0.39 is 0 Å². The Bertz CT molecular complexity index is 401. The monoisotopic (exact) mass is 280 g/mol. The third kappa shape index (κ3) is 3.19. The Hall–Kier alpha value is -0.420. The molecule has 1 aromatic heterocycles. The molecule has 3 atom stereocenters. The van der Waals surface area contributed by atoms with E-state index in [9.17, 15) is 0 Å². The van der Waals surface area contributed by atoms with Crippen LogP contribution in [0.5, 0.6) is 0 Å². The lowest BCUT2D eigenvalue weighted by Gasteiger charge is -2.33. The van der Waals surface area contributed by atoms with Crippen molar-refractivity contribution in [3.05, 3.63) is 21.9 Å². The number of rotatable bonds is 4. The predicted molar refractivity (Wildman–Crippen MR) is 79.6 cm³/mol. The average molecular weight is 280 g/mol. The first-order valence-corrected chi connectivity index (χ1v) is 8.30. The summed E-state index contributed by atoms with van der Waals surface area (Å²) in [5, 5.41) is 9.61. The number of ether oxygens (including phenoxy) is 1. The van der Waals surface area contributed by atoms with Gasteiger partial charge < -0.3 is 15.4 Å². The zero-order valence-electron chi connectivity index (χ0n) is 11.7. The summed E-state index contributed by atoms with van der Waals surface area (Å²) in [6.07, 6.45) is 4.00. The van der Waals surface area contributed by atoms with E-state index in [0.717, 1.165) is 32.2 Å². The molecule has 1 saturated heterocycles. The van der Waals surface area contributed by atoms with Crippen molar-refractivity contribution in [3.8, 4) is 0 Å². The molecule has 1 aliphatic carbocycles. The first kappa shape index (κ1) is 13.6. The van der Waals surface area contributed by atoms with Crippen LogP contribution in [0.3, 0.4) is 0 Å². The second-order valence-corrected chi connectivity index (χ2v) is 6.75. The maximum Gasteiger partial charge on any atom is 0.0623 e. The summed E-state index contributed by atoms with van der Waals surface area (Å²) in [5.74, 6) is 0.737. The standard InChI is InChI=1S/C15H24N2OS/c1-11-5-8-19-15(11)9-17-13-4-2-3-12(13)14-10-18-7-6-16-14/h5,8,12-14,16-17H,2-4,6-7,9-10H2,1H3. The highest BCUT2D eigenvalue weighted by Gasteiger charge is 2.34. The second-order valence-electron chi connectivity index (χ2n) is 5.74. The van der Waals surface area contributed by atoms with Gasteiger partial charge in [-0.25, -0.2) is 0 Å². The molecule has 4 heteroatoms. The summed E-state index contributed by atoms with van der Waals surface area (Å²) < 4.78 is 5.62. The fourth-order valence-corrected chi connectivity index (χ4v) is 4.25. The van der Waals surface area contributed by atoms with Gasteiger partial charge >= 0.3 is 0 Å². The molecule has 3 unspecified atom stereocenters. The summed E-state index contributed by atoms with van der Waals surface area (Å²) >= 11 is 1.87. The summed E-state index contributed by atoms with van der Waals surface area (Å²) in [6, 6.07) is 3.42. The maximum absolute atomic E-state index is 5.62. The highest BCUT2D eigenvalue weighted by Crippen LogP contribution is 2.30.